The van der Waals surface area contributed by atoms with Crippen molar-refractivity contribution in [3.05, 3.63) is 0 Å². The number of nitrogens with two attached hydrogens (primary N) is 1. The zero-order chi connectivity index (χ0) is 15.1. The summed E-state index contributed by atoms with van der Waals surface area (Å²) in [5.74, 6) is -1.07. The summed E-state index contributed by atoms with van der Waals surface area (Å²) in [6, 6.07) is -0.675. The molecule has 3 amide bonds. The average Bonchev–Trinajstić information content (AvgIpc) is 2.88. The van der Waals surface area contributed by atoms with Gasteiger partial charge in [-0.05, 0) is 25.2 Å². The molecule has 0 aromatic carbocycles. The summed E-state index contributed by atoms with van der Waals surface area (Å²) in [6.07, 6.45) is 1.53. The van der Waals surface area contributed by atoms with Crippen LogP contribution in [0.2, 0.25) is 0 Å². The zero-order valence-electron chi connectivity index (χ0n) is 12.0. The van der Waals surface area contributed by atoms with Crippen molar-refractivity contribution in [1.29, 1.82) is 0 Å². The molecule has 0 spiro atoms. The van der Waals surface area contributed by atoms with Crippen LogP contribution in [-0.2, 0) is 19.1 Å². The normalized spacial score (nSPS) is 19.6. The highest BCUT2D eigenvalue weighted by molar-refractivity contribution is 5.91. The van der Waals surface area contributed by atoms with Crippen LogP contribution in [0.15, 0.2) is 0 Å². The van der Waals surface area contributed by atoms with Crippen molar-refractivity contribution in [3.63, 3.8) is 0 Å². The summed E-state index contributed by atoms with van der Waals surface area (Å²) < 4.78 is 5.28. The van der Waals surface area contributed by atoms with Crippen molar-refractivity contribution >= 4 is 17.7 Å². The molecule has 0 aromatic heterocycles. The second-order valence-corrected chi connectivity index (χ2v) is 5.38. The lowest BCUT2D eigenvalue weighted by Gasteiger charge is -2.21. The lowest BCUT2D eigenvalue weighted by molar-refractivity contribution is -0.135. The second kappa shape index (κ2) is 7.84. The van der Waals surface area contributed by atoms with Crippen LogP contribution in [0.4, 0.5) is 0 Å². The third-order valence-corrected chi connectivity index (χ3v) is 3.00. The van der Waals surface area contributed by atoms with Gasteiger partial charge in [0.25, 0.3) is 0 Å². The molecule has 7 nitrogen and oxygen atoms in total. The molecule has 0 bridgehead atoms. The fraction of sp³-hybridized carbons (Fsp3) is 0.769. The lowest BCUT2D eigenvalue weighted by atomic mass is 10.0. The van der Waals surface area contributed by atoms with Gasteiger partial charge in [0, 0.05) is 6.61 Å². The van der Waals surface area contributed by atoms with Gasteiger partial charge < -0.3 is 21.1 Å². The fourth-order valence-corrected chi connectivity index (χ4v) is 2.05. The maximum Gasteiger partial charge on any atom is 0.249 e. The van der Waals surface area contributed by atoms with E-state index in [1.165, 1.54) is 0 Å². The van der Waals surface area contributed by atoms with E-state index in [-0.39, 0.29) is 18.4 Å². The number of primary amides is 1. The minimum atomic E-state index is -0.675. The quantitative estimate of drug-likeness (QED) is 0.574. The van der Waals surface area contributed by atoms with Gasteiger partial charge in [0.2, 0.25) is 17.7 Å². The van der Waals surface area contributed by atoms with Crippen LogP contribution in [0.3, 0.4) is 0 Å². The Kier molecular flexibility index (Phi) is 6.44. The van der Waals surface area contributed by atoms with Crippen LogP contribution in [0.5, 0.6) is 0 Å². The van der Waals surface area contributed by atoms with Crippen molar-refractivity contribution in [2.24, 2.45) is 11.7 Å². The maximum absolute atomic E-state index is 12.0. The Hall–Kier alpha value is -1.63. The number of rotatable bonds is 7. The predicted molar refractivity (Wildman–Crippen MR) is 72.6 cm³/mol. The number of ether oxygens (including phenoxy) is 1. The molecule has 114 valence electrons. The summed E-state index contributed by atoms with van der Waals surface area (Å²) in [7, 11) is 0. The minimum absolute atomic E-state index is 0.226. The number of hydrogen-bond donors (Lipinski definition) is 3. The van der Waals surface area contributed by atoms with Crippen molar-refractivity contribution in [2.45, 2.75) is 45.3 Å². The van der Waals surface area contributed by atoms with Crippen molar-refractivity contribution in [3.8, 4) is 0 Å². The van der Waals surface area contributed by atoms with Crippen molar-refractivity contribution in [2.75, 3.05) is 13.2 Å². The summed E-state index contributed by atoms with van der Waals surface area (Å²) >= 11 is 0. The molecule has 1 aliphatic rings. The van der Waals surface area contributed by atoms with E-state index >= 15 is 0 Å². The maximum atomic E-state index is 12.0. The summed E-state index contributed by atoms with van der Waals surface area (Å²) in [5.41, 5.74) is 4.98. The molecule has 1 rings (SSSR count). The Morgan fingerprint density at radius 2 is 2.05 bits per heavy atom. The Balaban J connectivity index is 2.55. The number of carbonyl (C=O) groups is 3. The molecule has 1 aliphatic heterocycles. The van der Waals surface area contributed by atoms with Crippen molar-refractivity contribution in [1.82, 2.24) is 10.6 Å². The fourth-order valence-electron chi connectivity index (χ4n) is 2.05. The molecule has 1 saturated heterocycles. The summed E-state index contributed by atoms with van der Waals surface area (Å²) in [6.45, 7) is 4.24. The summed E-state index contributed by atoms with van der Waals surface area (Å²) in [4.78, 5) is 34.6. The smallest absolute Gasteiger partial charge is 0.249 e. The Bertz CT molecular complexity index is 365. The standard InChI is InChI=1S/C13H23N3O4/c1-8(2)6-9(12(18)15-7-11(14)17)16-13(19)10-4-3-5-20-10/h8-10H,3-7H2,1-2H3,(H2,14,17)(H,15,18)(H,16,19)/t9-,10?/m0/s1. The number of carbonyl (C=O) groups excluding carboxylic acids is 3. The molecule has 1 heterocycles. The van der Waals surface area contributed by atoms with Gasteiger partial charge in [-0.2, -0.15) is 0 Å². The Morgan fingerprint density at radius 1 is 1.35 bits per heavy atom. The Morgan fingerprint density at radius 3 is 2.55 bits per heavy atom. The number of nitrogens with one attached hydrogen (secondary N) is 2. The first-order valence-corrected chi connectivity index (χ1v) is 6.88. The van der Waals surface area contributed by atoms with Gasteiger partial charge >= 0.3 is 0 Å². The van der Waals surface area contributed by atoms with Gasteiger partial charge in [0.15, 0.2) is 0 Å². The van der Waals surface area contributed by atoms with Crippen LogP contribution in [0.1, 0.15) is 33.1 Å². The van der Waals surface area contributed by atoms with Crippen LogP contribution in [0, 0.1) is 5.92 Å². The average molecular weight is 285 g/mol. The molecule has 20 heavy (non-hydrogen) atoms. The van der Waals surface area contributed by atoms with E-state index in [0.29, 0.717) is 19.4 Å². The van der Waals surface area contributed by atoms with Gasteiger partial charge in [-0.25, -0.2) is 0 Å². The number of hydrogen-bond acceptors (Lipinski definition) is 4. The number of amides is 3. The first kappa shape index (κ1) is 16.4. The highest BCUT2D eigenvalue weighted by atomic mass is 16.5. The highest BCUT2D eigenvalue weighted by Gasteiger charge is 2.28. The molecule has 1 fully saturated rings. The second-order valence-electron chi connectivity index (χ2n) is 5.38. The van der Waals surface area contributed by atoms with E-state index in [2.05, 4.69) is 10.6 Å². The predicted octanol–water partition coefficient (Wildman–Crippen LogP) is -0.702. The minimum Gasteiger partial charge on any atom is -0.368 e. The molecule has 0 saturated carbocycles. The first-order valence-electron chi connectivity index (χ1n) is 6.88. The van der Waals surface area contributed by atoms with E-state index in [9.17, 15) is 14.4 Å². The van der Waals surface area contributed by atoms with Crippen LogP contribution in [-0.4, -0.2) is 43.0 Å². The molecular weight excluding hydrogens is 262 g/mol. The first-order chi connectivity index (χ1) is 9.40. The summed E-state index contributed by atoms with van der Waals surface area (Å²) in [5, 5.41) is 5.10. The topological polar surface area (TPSA) is 111 Å². The van der Waals surface area contributed by atoms with E-state index in [1.807, 2.05) is 13.8 Å². The molecule has 7 heteroatoms. The monoisotopic (exact) mass is 285 g/mol. The third kappa shape index (κ3) is 5.56. The molecule has 0 radical (unpaired) electrons. The zero-order valence-corrected chi connectivity index (χ0v) is 12.0. The van der Waals surface area contributed by atoms with Crippen molar-refractivity contribution < 1.29 is 19.1 Å². The molecule has 0 aromatic rings. The van der Waals surface area contributed by atoms with E-state index < -0.39 is 24.0 Å². The van der Waals surface area contributed by atoms with Crippen LogP contribution >= 0.6 is 0 Å². The van der Waals surface area contributed by atoms with Gasteiger partial charge in [0.1, 0.15) is 12.1 Å². The SMILES string of the molecule is CC(C)C[C@H](NC(=O)C1CCCO1)C(=O)NCC(N)=O. The molecule has 4 N–H and O–H groups in total. The van der Waals surface area contributed by atoms with Gasteiger partial charge in [-0.3, -0.25) is 14.4 Å². The lowest BCUT2D eigenvalue weighted by Crippen LogP contribution is -2.51. The molecular formula is C13H23N3O4. The highest BCUT2D eigenvalue weighted by Crippen LogP contribution is 2.13. The molecule has 1 unspecified atom stereocenters. The molecule has 0 aliphatic carbocycles. The van der Waals surface area contributed by atoms with Crippen LogP contribution < -0.4 is 16.4 Å². The van der Waals surface area contributed by atoms with Crippen LogP contribution in [0.25, 0.3) is 0 Å². The van der Waals surface area contributed by atoms with E-state index in [0.717, 1.165) is 6.42 Å². The third-order valence-electron chi connectivity index (χ3n) is 3.00. The largest absolute Gasteiger partial charge is 0.368 e. The van der Waals surface area contributed by atoms with Gasteiger partial charge in [-0.1, -0.05) is 13.8 Å². The van der Waals surface area contributed by atoms with Gasteiger partial charge in [-0.15, -0.1) is 0 Å². The van der Waals surface area contributed by atoms with E-state index in [1.54, 1.807) is 0 Å². The van der Waals surface area contributed by atoms with Gasteiger partial charge in [0.05, 0.1) is 6.54 Å². The van der Waals surface area contributed by atoms with E-state index in [4.69, 9.17) is 10.5 Å². The Labute approximate surface area is 118 Å². The molecule has 2 atom stereocenters.